The second kappa shape index (κ2) is 8.85. The van der Waals surface area contributed by atoms with Gasteiger partial charge in [0.2, 0.25) is 6.04 Å². The van der Waals surface area contributed by atoms with Crippen molar-refractivity contribution in [1.29, 1.82) is 0 Å². The Bertz CT molecular complexity index is 1170. The minimum Gasteiger partial charge on any atom is -0.461 e. The molecule has 0 N–H and O–H groups in total. The molecule has 0 radical (unpaired) electrons. The molecule has 1 heterocycles. The number of nitrogens with zero attached hydrogens (tertiary/aromatic N) is 1. The fourth-order valence-corrected chi connectivity index (χ4v) is 10.6. The normalized spacial score (nSPS) is 49.1. The predicted molar refractivity (Wildman–Crippen MR) is 130 cm³/mol. The van der Waals surface area contributed by atoms with Gasteiger partial charge in [0.05, 0.1) is 12.7 Å². The van der Waals surface area contributed by atoms with Crippen molar-refractivity contribution in [3.05, 3.63) is 10.1 Å². The summed E-state index contributed by atoms with van der Waals surface area (Å²) in [5.41, 5.74) is -3.84. The molecule has 6 aliphatic rings. The number of carbonyl (C=O) groups excluding carboxylic acids is 4. The number of hydrogen-bond donors (Lipinski definition) is 0. The first-order chi connectivity index (χ1) is 18.9. The van der Waals surface area contributed by atoms with E-state index in [1.165, 1.54) is 35.0 Å². The van der Waals surface area contributed by atoms with E-state index in [1.807, 2.05) is 0 Å². The summed E-state index contributed by atoms with van der Waals surface area (Å²) < 4.78 is 35.1. The third-order valence-electron chi connectivity index (χ3n) is 11.1. The van der Waals surface area contributed by atoms with Gasteiger partial charge in [-0.1, -0.05) is 0 Å². The molecule has 0 aromatic rings. The zero-order valence-electron chi connectivity index (χ0n) is 23.2. The first-order valence-electron chi connectivity index (χ1n) is 13.8. The minimum atomic E-state index is -1.45. The molecule has 5 aliphatic carbocycles. The largest absolute Gasteiger partial charge is 0.461 e. The zero-order chi connectivity index (χ0) is 28.9. The van der Waals surface area contributed by atoms with Crippen molar-refractivity contribution in [2.45, 2.75) is 82.5 Å². The number of fused-ring (bicyclic) bond motifs is 1. The Morgan fingerprint density at radius 2 is 1.77 bits per heavy atom. The lowest BCUT2D eigenvalue weighted by Gasteiger charge is -2.69. The molecule has 13 heteroatoms. The summed E-state index contributed by atoms with van der Waals surface area (Å²) in [4.78, 5) is 63.6. The van der Waals surface area contributed by atoms with Crippen LogP contribution in [0.1, 0.15) is 46.5 Å². The van der Waals surface area contributed by atoms with Gasteiger partial charge in [0.1, 0.15) is 35.2 Å². The van der Waals surface area contributed by atoms with Gasteiger partial charge in [0.25, 0.3) is 0 Å². The third-order valence-corrected chi connectivity index (χ3v) is 11.1. The van der Waals surface area contributed by atoms with Gasteiger partial charge in [-0.3, -0.25) is 29.3 Å². The summed E-state index contributed by atoms with van der Waals surface area (Å²) >= 11 is 0. The monoisotopic (exact) mass is 565 g/mol. The van der Waals surface area contributed by atoms with Gasteiger partial charge in [0, 0.05) is 69.5 Å². The summed E-state index contributed by atoms with van der Waals surface area (Å²) in [6.45, 7) is 3.71. The Hall–Kier alpha value is -2.80. The lowest BCUT2D eigenvalue weighted by Crippen LogP contribution is -2.78. The van der Waals surface area contributed by atoms with Crippen molar-refractivity contribution in [1.82, 2.24) is 0 Å². The molecule has 6 rings (SSSR count). The number of methoxy groups -OCH3 is 2. The molecule has 5 saturated carbocycles. The molecule has 1 saturated heterocycles. The Labute approximate surface area is 230 Å². The van der Waals surface area contributed by atoms with E-state index in [4.69, 9.17) is 28.4 Å². The van der Waals surface area contributed by atoms with Crippen LogP contribution in [0.5, 0.6) is 0 Å². The molecule has 1 unspecified atom stereocenters. The maximum absolute atomic E-state index is 13.9. The Kier molecular flexibility index (Phi) is 6.05. The Morgan fingerprint density at radius 3 is 2.35 bits per heavy atom. The molecule has 0 amide bonds. The number of rotatable bonds is 7. The van der Waals surface area contributed by atoms with Crippen LogP contribution in [0.4, 0.5) is 0 Å². The van der Waals surface area contributed by atoms with Gasteiger partial charge >= 0.3 is 23.9 Å². The highest BCUT2D eigenvalue weighted by molar-refractivity contribution is 5.83. The van der Waals surface area contributed by atoms with Gasteiger partial charge in [0.15, 0.2) is 0 Å². The number of hydrogen-bond acceptors (Lipinski definition) is 12. The third kappa shape index (κ3) is 3.10. The summed E-state index contributed by atoms with van der Waals surface area (Å²) in [6.07, 6.45) is -2.09. The minimum absolute atomic E-state index is 0.0508. The van der Waals surface area contributed by atoms with Crippen LogP contribution in [0.15, 0.2) is 0 Å². The smallest absolute Gasteiger partial charge is 0.319 e. The maximum atomic E-state index is 13.9. The van der Waals surface area contributed by atoms with Crippen LogP contribution in [0.25, 0.3) is 0 Å². The fraction of sp³-hybridized carbons (Fsp3) is 0.852. The highest BCUT2D eigenvalue weighted by Gasteiger charge is 2.92. The van der Waals surface area contributed by atoms with E-state index in [9.17, 15) is 29.3 Å². The molecule has 0 spiro atoms. The lowest BCUT2D eigenvalue weighted by molar-refractivity contribution is -0.572. The average molecular weight is 566 g/mol. The van der Waals surface area contributed by atoms with E-state index >= 15 is 0 Å². The zero-order valence-corrected chi connectivity index (χ0v) is 23.2. The van der Waals surface area contributed by atoms with Crippen LogP contribution in [-0.4, -0.2) is 85.7 Å². The molecular weight excluding hydrogens is 530 g/mol. The van der Waals surface area contributed by atoms with Crippen LogP contribution in [-0.2, 0) is 47.6 Å². The maximum Gasteiger partial charge on any atom is 0.319 e. The van der Waals surface area contributed by atoms with Crippen molar-refractivity contribution in [3.8, 4) is 0 Å². The van der Waals surface area contributed by atoms with Crippen LogP contribution in [0.3, 0.4) is 0 Å². The highest BCUT2D eigenvalue weighted by Crippen LogP contribution is 2.81. The van der Waals surface area contributed by atoms with Crippen molar-refractivity contribution in [3.63, 3.8) is 0 Å². The van der Waals surface area contributed by atoms with E-state index in [0.717, 1.165) is 0 Å². The summed E-state index contributed by atoms with van der Waals surface area (Å²) in [5, 5.41) is 13.1. The van der Waals surface area contributed by atoms with E-state index < -0.39 is 82.6 Å². The quantitative estimate of drug-likeness (QED) is 0.187. The van der Waals surface area contributed by atoms with E-state index in [-0.39, 0.29) is 42.1 Å². The SMILES string of the molecule is COC[C@@]12C(=O)O[C@H]3[C@H]4[C@H]([N+](=O)[O-])[C@](CC[C@H]1OC(C)=O)([C@@H]1CC5[C@@H](OC(C)=O)[C@H](OC)C[C@@]4(OC(C)=O)[C@@H]51)[C@H]32. The average Bonchev–Trinajstić information content (AvgIpc) is 3.27. The molecule has 40 heavy (non-hydrogen) atoms. The van der Waals surface area contributed by atoms with Crippen molar-refractivity contribution in [2.75, 3.05) is 20.8 Å². The van der Waals surface area contributed by atoms with E-state index in [1.54, 1.807) is 0 Å². The first-order valence-corrected chi connectivity index (χ1v) is 13.8. The molecule has 0 aromatic carbocycles. The van der Waals surface area contributed by atoms with Crippen molar-refractivity contribution >= 4 is 23.9 Å². The second-order valence-corrected chi connectivity index (χ2v) is 12.5. The van der Waals surface area contributed by atoms with Gasteiger partial charge in [-0.25, -0.2) is 0 Å². The Morgan fingerprint density at radius 1 is 1.07 bits per heavy atom. The first kappa shape index (κ1) is 27.4. The van der Waals surface area contributed by atoms with Gasteiger partial charge in [-0.2, -0.15) is 0 Å². The van der Waals surface area contributed by atoms with Crippen molar-refractivity contribution < 1.29 is 52.5 Å². The standard InChI is InChI=1S/C27H35NO12/c1-11(29)37-17-6-7-25-15-8-14-18(15)27(40-13(3)31,9-16(36-5)20(14)38-12(2)30)19(23(25)28(33)34)21-22(25)26(17,10-35-4)24(32)39-21/h14-23H,6-10H2,1-5H3/t14?,15-,16-,17-,18+,19+,20-,21+,22+,23+,25-,26-,27-/m1/s1. The van der Waals surface area contributed by atoms with Gasteiger partial charge in [-0.05, 0) is 25.2 Å². The van der Waals surface area contributed by atoms with Crippen LogP contribution in [0, 0.1) is 50.5 Å². The van der Waals surface area contributed by atoms with Gasteiger partial charge < -0.3 is 28.4 Å². The summed E-state index contributed by atoms with van der Waals surface area (Å²) in [5.74, 6) is -4.92. The van der Waals surface area contributed by atoms with E-state index in [0.29, 0.717) is 12.8 Å². The molecular formula is C27H35NO12. The number of esters is 4. The molecule has 220 valence electrons. The predicted octanol–water partition coefficient (Wildman–Crippen LogP) is 1.07. The lowest BCUT2D eigenvalue weighted by atomic mass is 9.36. The Balaban J connectivity index is 1.58. The topological polar surface area (TPSA) is 167 Å². The van der Waals surface area contributed by atoms with Crippen LogP contribution in [0.2, 0.25) is 0 Å². The number of carbonyl (C=O) groups is 4. The van der Waals surface area contributed by atoms with Crippen LogP contribution < -0.4 is 0 Å². The highest BCUT2D eigenvalue weighted by atomic mass is 16.6. The number of ether oxygens (including phenoxy) is 6. The fourth-order valence-electron chi connectivity index (χ4n) is 10.6. The molecule has 13 atom stereocenters. The van der Waals surface area contributed by atoms with E-state index in [2.05, 4.69) is 0 Å². The molecule has 6 fully saturated rings. The van der Waals surface area contributed by atoms with Gasteiger partial charge in [-0.15, -0.1) is 0 Å². The van der Waals surface area contributed by atoms with Crippen molar-refractivity contribution in [2.24, 2.45) is 40.4 Å². The summed E-state index contributed by atoms with van der Waals surface area (Å²) in [6, 6.07) is -1.19. The number of nitro groups is 1. The molecule has 1 aliphatic heterocycles. The second-order valence-electron chi connectivity index (χ2n) is 12.5. The molecule has 13 nitrogen and oxygen atoms in total. The molecule has 0 aromatic heterocycles. The summed E-state index contributed by atoms with van der Waals surface area (Å²) in [7, 11) is 2.89. The van der Waals surface area contributed by atoms with Crippen LogP contribution >= 0.6 is 0 Å². The molecule has 2 bridgehead atoms.